The number of hydrogen-bond acceptors (Lipinski definition) is 4. The van der Waals surface area contributed by atoms with Crippen molar-refractivity contribution in [3.05, 3.63) is 29.6 Å². The van der Waals surface area contributed by atoms with E-state index in [9.17, 15) is 9.59 Å². The van der Waals surface area contributed by atoms with Crippen molar-refractivity contribution >= 4 is 11.9 Å². The van der Waals surface area contributed by atoms with Gasteiger partial charge >= 0.3 is 5.97 Å². The number of carbonyl (C=O) groups excluding carboxylic acids is 1. The fourth-order valence-electron chi connectivity index (χ4n) is 2.75. The molecule has 2 rings (SSSR count). The highest BCUT2D eigenvalue weighted by atomic mass is 16.4. The minimum Gasteiger partial charge on any atom is -0.480 e. The Morgan fingerprint density at radius 1 is 1.41 bits per heavy atom. The molecule has 1 fully saturated rings. The van der Waals surface area contributed by atoms with Crippen LogP contribution in [0.3, 0.4) is 0 Å². The second-order valence-corrected chi connectivity index (χ2v) is 5.66. The minimum atomic E-state index is -0.810. The largest absolute Gasteiger partial charge is 0.480 e. The van der Waals surface area contributed by atoms with Crippen molar-refractivity contribution in [2.24, 2.45) is 0 Å². The summed E-state index contributed by atoms with van der Waals surface area (Å²) in [6.07, 6.45) is 4.11. The Hall–Kier alpha value is -1.95. The van der Waals surface area contributed by atoms with Crippen molar-refractivity contribution in [3.8, 4) is 0 Å². The Labute approximate surface area is 130 Å². The van der Waals surface area contributed by atoms with E-state index in [-0.39, 0.29) is 24.5 Å². The molecule has 2 N–H and O–H groups in total. The van der Waals surface area contributed by atoms with Crippen molar-refractivity contribution in [1.29, 1.82) is 0 Å². The van der Waals surface area contributed by atoms with Crippen LogP contribution in [0.1, 0.15) is 42.7 Å². The molecule has 0 unspecified atom stereocenters. The Morgan fingerprint density at radius 2 is 2.14 bits per heavy atom. The number of aromatic nitrogens is 1. The first-order chi connectivity index (χ1) is 10.5. The molecule has 1 aliphatic rings. The Morgan fingerprint density at radius 3 is 2.73 bits per heavy atom. The number of nitrogens with one attached hydrogen (secondary N) is 1. The van der Waals surface area contributed by atoms with Crippen LogP contribution in [-0.4, -0.2) is 52.0 Å². The van der Waals surface area contributed by atoms with Gasteiger partial charge in [0.05, 0.1) is 6.54 Å². The van der Waals surface area contributed by atoms with Crippen molar-refractivity contribution in [3.63, 3.8) is 0 Å². The molecule has 0 bridgehead atoms. The summed E-state index contributed by atoms with van der Waals surface area (Å²) in [6.45, 7) is 4.75. The van der Waals surface area contributed by atoms with Gasteiger partial charge in [0.1, 0.15) is 5.69 Å². The maximum atomic E-state index is 12.2. The number of hydrogen-bond donors (Lipinski definition) is 2. The monoisotopic (exact) mass is 305 g/mol. The van der Waals surface area contributed by atoms with Gasteiger partial charge in [-0.3, -0.25) is 19.5 Å². The molecule has 6 heteroatoms. The molecule has 6 nitrogen and oxygen atoms in total. The van der Waals surface area contributed by atoms with Gasteiger partial charge in [-0.05, 0) is 43.5 Å². The first-order valence-corrected chi connectivity index (χ1v) is 7.75. The molecule has 0 radical (unpaired) electrons. The maximum absolute atomic E-state index is 12.2. The van der Waals surface area contributed by atoms with Gasteiger partial charge in [-0.2, -0.15) is 0 Å². The number of carboxylic acids is 1. The number of aliphatic carboxylic acids is 1. The Bertz CT molecular complexity index is 541. The standard InChI is InChI=1S/C16H23N3O3/c1-3-11-5-6-17-14(7-11)16(22)18-12-8-13(9-12)19(4-2)10-15(20)21/h5-7,12-13H,3-4,8-10H2,1-2H3,(H,18,22)(H,20,21). The molecule has 0 aliphatic heterocycles. The van der Waals surface area contributed by atoms with Gasteiger partial charge in [0.15, 0.2) is 0 Å². The van der Waals surface area contributed by atoms with E-state index < -0.39 is 5.97 Å². The van der Waals surface area contributed by atoms with Gasteiger partial charge in [-0.15, -0.1) is 0 Å². The van der Waals surface area contributed by atoms with Gasteiger partial charge in [0.25, 0.3) is 5.91 Å². The molecular formula is C16H23N3O3. The molecule has 120 valence electrons. The van der Waals surface area contributed by atoms with Gasteiger partial charge in [-0.25, -0.2) is 0 Å². The highest BCUT2D eigenvalue weighted by molar-refractivity contribution is 5.92. The molecule has 1 saturated carbocycles. The summed E-state index contributed by atoms with van der Waals surface area (Å²) in [5, 5.41) is 11.8. The first kappa shape index (κ1) is 16.4. The van der Waals surface area contributed by atoms with Gasteiger partial charge in [0.2, 0.25) is 0 Å². The first-order valence-electron chi connectivity index (χ1n) is 7.75. The van der Waals surface area contributed by atoms with Crippen LogP contribution < -0.4 is 5.32 Å². The molecule has 1 heterocycles. The van der Waals surface area contributed by atoms with E-state index in [4.69, 9.17) is 5.11 Å². The van der Waals surface area contributed by atoms with E-state index in [0.717, 1.165) is 24.8 Å². The highest BCUT2D eigenvalue weighted by Crippen LogP contribution is 2.25. The van der Waals surface area contributed by atoms with E-state index >= 15 is 0 Å². The van der Waals surface area contributed by atoms with Crippen LogP contribution in [0.2, 0.25) is 0 Å². The second-order valence-electron chi connectivity index (χ2n) is 5.66. The summed E-state index contributed by atoms with van der Waals surface area (Å²) in [4.78, 5) is 29.0. The van der Waals surface area contributed by atoms with E-state index in [1.807, 2.05) is 30.9 Å². The smallest absolute Gasteiger partial charge is 0.317 e. The quantitative estimate of drug-likeness (QED) is 0.793. The molecule has 1 aromatic heterocycles. The summed E-state index contributed by atoms with van der Waals surface area (Å²) in [6, 6.07) is 4.06. The third kappa shape index (κ3) is 4.04. The number of pyridine rings is 1. The fourth-order valence-corrected chi connectivity index (χ4v) is 2.75. The zero-order valence-electron chi connectivity index (χ0n) is 13.1. The molecule has 0 spiro atoms. The van der Waals surface area contributed by atoms with Gasteiger partial charge in [0, 0.05) is 18.3 Å². The van der Waals surface area contributed by atoms with E-state index in [0.29, 0.717) is 12.2 Å². The van der Waals surface area contributed by atoms with Crippen LogP contribution in [0, 0.1) is 0 Å². The highest BCUT2D eigenvalue weighted by Gasteiger charge is 2.34. The summed E-state index contributed by atoms with van der Waals surface area (Å²) >= 11 is 0. The lowest BCUT2D eigenvalue weighted by atomic mass is 9.85. The summed E-state index contributed by atoms with van der Waals surface area (Å²) in [7, 11) is 0. The van der Waals surface area contributed by atoms with E-state index in [1.165, 1.54) is 0 Å². The Balaban J connectivity index is 1.84. The van der Waals surface area contributed by atoms with E-state index in [2.05, 4.69) is 10.3 Å². The van der Waals surface area contributed by atoms with Crippen LogP contribution in [0.15, 0.2) is 18.3 Å². The lowest BCUT2D eigenvalue weighted by Gasteiger charge is -2.42. The predicted octanol–water partition coefficient (Wildman–Crippen LogP) is 1.31. The Kier molecular flexibility index (Phi) is 5.49. The number of amides is 1. The number of aryl methyl sites for hydroxylation is 1. The van der Waals surface area contributed by atoms with Gasteiger partial charge < -0.3 is 10.4 Å². The van der Waals surface area contributed by atoms with Gasteiger partial charge in [-0.1, -0.05) is 13.8 Å². The summed E-state index contributed by atoms with van der Waals surface area (Å²) in [5.41, 5.74) is 1.53. The molecule has 22 heavy (non-hydrogen) atoms. The predicted molar refractivity (Wildman–Crippen MR) is 82.8 cm³/mol. The average molecular weight is 305 g/mol. The van der Waals surface area contributed by atoms with Crippen LogP contribution in [0.5, 0.6) is 0 Å². The molecular weight excluding hydrogens is 282 g/mol. The lowest BCUT2D eigenvalue weighted by Crippen LogP contribution is -2.54. The number of rotatable bonds is 7. The van der Waals surface area contributed by atoms with Crippen molar-refractivity contribution in [1.82, 2.24) is 15.2 Å². The number of nitrogens with zero attached hydrogens (tertiary/aromatic N) is 2. The zero-order valence-corrected chi connectivity index (χ0v) is 13.1. The number of carboxylic acid groups (broad SMARTS) is 1. The van der Waals surface area contributed by atoms with E-state index in [1.54, 1.807) is 6.20 Å². The van der Waals surface area contributed by atoms with Crippen LogP contribution >= 0.6 is 0 Å². The second kappa shape index (κ2) is 7.35. The average Bonchev–Trinajstić information content (AvgIpc) is 2.48. The third-order valence-electron chi connectivity index (χ3n) is 4.17. The molecule has 1 aromatic rings. The maximum Gasteiger partial charge on any atom is 0.317 e. The van der Waals surface area contributed by atoms with Crippen LogP contribution in [-0.2, 0) is 11.2 Å². The third-order valence-corrected chi connectivity index (χ3v) is 4.17. The number of likely N-dealkylation sites (N-methyl/N-ethyl adjacent to an activating group) is 1. The van der Waals surface area contributed by atoms with Crippen molar-refractivity contribution < 1.29 is 14.7 Å². The van der Waals surface area contributed by atoms with Crippen LogP contribution in [0.4, 0.5) is 0 Å². The normalized spacial score (nSPS) is 20.5. The number of carbonyl (C=O) groups is 2. The molecule has 0 aromatic carbocycles. The summed E-state index contributed by atoms with van der Waals surface area (Å²) in [5.74, 6) is -0.963. The molecule has 0 saturated heterocycles. The molecule has 1 aliphatic carbocycles. The lowest BCUT2D eigenvalue weighted by molar-refractivity contribution is -0.139. The SMILES string of the molecule is CCc1ccnc(C(=O)NC2CC(N(CC)CC(=O)O)C2)c1. The fraction of sp³-hybridized carbons (Fsp3) is 0.562. The summed E-state index contributed by atoms with van der Waals surface area (Å²) < 4.78 is 0. The topological polar surface area (TPSA) is 82.5 Å². The zero-order chi connectivity index (χ0) is 16.1. The van der Waals surface area contributed by atoms with Crippen molar-refractivity contribution in [2.75, 3.05) is 13.1 Å². The van der Waals surface area contributed by atoms with Crippen molar-refractivity contribution in [2.45, 2.75) is 45.2 Å². The van der Waals surface area contributed by atoms with Crippen LogP contribution in [0.25, 0.3) is 0 Å². The molecule has 1 amide bonds. The minimum absolute atomic E-state index is 0.0575. The molecule has 0 atom stereocenters.